The second kappa shape index (κ2) is 3.30. The number of carbonyl (C=O) groups is 1. The normalized spacial score (nSPS) is 31.3. The zero-order chi connectivity index (χ0) is 9.26. The Morgan fingerprint density at radius 2 is 2.08 bits per heavy atom. The Bertz CT molecular complexity index is 296. The van der Waals surface area contributed by atoms with E-state index in [-0.39, 0.29) is 6.04 Å². The van der Waals surface area contributed by atoms with Crippen molar-refractivity contribution in [3.05, 3.63) is 35.9 Å². The zero-order valence-corrected chi connectivity index (χ0v) is 7.68. The van der Waals surface area contributed by atoms with Crippen molar-refractivity contribution in [2.75, 3.05) is 0 Å². The minimum atomic E-state index is 0.153. The first-order valence-electron chi connectivity index (χ1n) is 4.58. The molecule has 1 aliphatic heterocycles. The monoisotopic (exact) mass is 175 g/mol. The van der Waals surface area contributed by atoms with Gasteiger partial charge >= 0.3 is 0 Å². The molecular formula is C11H13NO. The molecule has 2 heteroatoms. The van der Waals surface area contributed by atoms with Crippen LogP contribution in [0.2, 0.25) is 0 Å². The largest absolute Gasteiger partial charge is 0.302 e. The number of rotatable bonds is 3. The average Bonchev–Trinajstić information content (AvgIpc) is 2.78. The van der Waals surface area contributed by atoms with Crippen LogP contribution in [-0.2, 0) is 11.3 Å². The number of carbonyl (C=O) groups excluding carboxylic acids is 1. The van der Waals surface area contributed by atoms with Crippen molar-refractivity contribution in [3.8, 4) is 0 Å². The van der Waals surface area contributed by atoms with Crippen LogP contribution in [0.25, 0.3) is 0 Å². The van der Waals surface area contributed by atoms with Gasteiger partial charge in [0.15, 0.2) is 0 Å². The molecular weight excluding hydrogens is 162 g/mol. The highest BCUT2D eigenvalue weighted by atomic mass is 16.1. The van der Waals surface area contributed by atoms with Gasteiger partial charge in [0.25, 0.3) is 0 Å². The number of aldehydes is 1. The van der Waals surface area contributed by atoms with Gasteiger partial charge in [0.05, 0.1) is 6.04 Å². The smallest absolute Gasteiger partial charge is 0.138 e. The summed E-state index contributed by atoms with van der Waals surface area (Å²) >= 11 is 0. The lowest BCUT2D eigenvalue weighted by Gasteiger charge is -2.01. The Balaban J connectivity index is 1.97. The molecule has 0 amide bonds. The Morgan fingerprint density at radius 1 is 1.38 bits per heavy atom. The lowest BCUT2D eigenvalue weighted by atomic mass is 10.2. The average molecular weight is 175 g/mol. The second-order valence-corrected chi connectivity index (χ2v) is 3.53. The van der Waals surface area contributed by atoms with Gasteiger partial charge in [-0.05, 0) is 12.5 Å². The van der Waals surface area contributed by atoms with E-state index >= 15 is 0 Å². The summed E-state index contributed by atoms with van der Waals surface area (Å²) in [5.74, 6) is 0. The van der Waals surface area contributed by atoms with Gasteiger partial charge in [-0.1, -0.05) is 30.3 Å². The standard InChI is InChI=1S/C11H13NO/c1-9-11(8-13)12(9)7-10-5-3-2-4-6-10/h2-6,8-9,11H,7H2,1H3/t9-,11+,12?/m0/s1. The lowest BCUT2D eigenvalue weighted by molar-refractivity contribution is -0.108. The molecule has 2 rings (SSSR count). The molecule has 1 saturated heterocycles. The molecule has 1 aromatic rings. The SMILES string of the molecule is C[C@H]1[C@@H](C=O)N1Cc1ccccc1. The van der Waals surface area contributed by atoms with Crippen molar-refractivity contribution in [1.82, 2.24) is 4.90 Å². The van der Waals surface area contributed by atoms with Crippen LogP contribution in [0.5, 0.6) is 0 Å². The molecule has 3 atom stereocenters. The third-order valence-electron chi connectivity index (χ3n) is 2.66. The van der Waals surface area contributed by atoms with Crippen LogP contribution in [0, 0.1) is 0 Å². The number of nitrogens with zero attached hydrogens (tertiary/aromatic N) is 1. The maximum atomic E-state index is 10.5. The Morgan fingerprint density at radius 3 is 2.62 bits per heavy atom. The summed E-state index contributed by atoms with van der Waals surface area (Å²) in [5.41, 5.74) is 1.28. The minimum Gasteiger partial charge on any atom is -0.302 e. The number of benzene rings is 1. The van der Waals surface area contributed by atoms with Gasteiger partial charge in [-0.2, -0.15) is 0 Å². The van der Waals surface area contributed by atoms with E-state index in [4.69, 9.17) is 0 Å². The maximum Gasteiger partial charge on any atom is 0.138 e. The first kappa shape index (κ1) is 8.45. The van der Waals surface area contributed by atoms with Crippen LogP contribution in [-0.4, -0.2) is 23.3 Å². The molecule has 0 radical (unpaired) electrons. The van der Waals surface area contributed by atoms with E-state index in [1.165, 1.54) is 5.56 Å². The van der Waals surface area contributed by atoms with Crippen LogP contribution in [0.15, 0.2) is 30.3 Å². The molecule has 0 N–H and O–H groups in total. The van der Waals surface area contributed by atoms with E-state index in [1.807, 2.05) is 18.2 Å². The fourth-order valence-corrected chi connectivity index (χ4v) is 1.67. The lowest BCUT2D eigenvalue weighted by Crippen LogP contribution is -2.02. The molecule has 0 aromatic heterocycles. The van der Waals surface area contributed by atoms with E-state index in [2.05, 4.69) is 24.0 Å². The molecule has 1 aromatic carbocycles. The van der Waals surface area contributed by atoms with Gasteiger partial charge in [-0.3, -0.25) is 4.90 Å². The van der Waals surface area contributed by atoms with Crippen molar-refractivity contribution in [2.45, 2.75) is 25.6 Å². The van der Waals surface area contributed by atoms with Crippen molar-refractivity contribution in [2.24, 2.45) is 0 Å². The second-order valence-electron chi connectivity index (χ2n) is 3.53. The summed E-state index contributed by atoms with van der Waals surface area (Å²) in [4.78, 5) is 12.7. The van der Waals surface area contributed by atoms with Gasteiger partial charge in [0, 0.05) is 12.6 Å². The van der Waals surface area contributed by atoms with Crippen LogP contribution in [0.3, 0.4) is 0 Å². The molecule has 0 aliphatic carbocycles. The molecule has 1 heterocycles. The third kappa shape index (κ3) is 1.63. The molecule has 68 valence electrons. The number of hydrogen-bond acceptors (Lipinski definition) is 2. The van der Waals surface area contributed by atoms with Gasteiger partial charge in [0.1, 0.15) is 6.29 Å². The fraction of sp³-hybridized carbons (Fsp3) is 0.364. The molecule has 1 aliphatic rings. The predicted octanol–water partition coefficient (Wildman–Crippen LogP) is 1.46. The van der Waals surface area contributed by atoms with Crippen LogP contribution >= 0.6 is 0 Å². The van der Waals surface area contributed by atoms with Gasteiger partial charge < -0.3 is 4.79 Å². The van der Waals surface area contributed by atoms with Crippen molar-refractivity contribution in [3.63, 3.8) is 0 Å². The quantitative estimate of drug-likeness (QED) is 0.512. The highest BCUT2D eigenvalue weighted by Crippen LogP contribution is 2.27. The highest BCUT2D eigenvalue weighted by Gasteiger charge is 2.43. The van der Waals surface area contributed by atoms with E-state index in [0.29, 0.717) is 6.04 Å². The van der Waals surface area contributed by atoms with Gasteiger partial charge in [0.2, 0.25) is 0 Å². The molecule has 0 bridgehead atoms. The highest BCUT2D eigenvalue weighted by molar-refractivity contribution is 5.63. The van der Waals surface area contributed by atoms with E-state index < -0.39 is 0 Å². The third-order valence-corrected chi connectivity index (χ3v) is 2.66. The molecule has 0 saturated carbocycles. The van der Waals surface area contributed by atoms with Crippen LogP contribution in [0.4, 0.5) is 0 Å². The molecule has 2 nitrogen and oxygen atoms in total. The molecule has 1 unspecified atom stereocenters. The van der Waals surface area contributed by atoms with Crippen molar-refractivity contribution in [1.29, 1.82) is 0 Å². The maximum absolute atomic E-state index is 10.5. The minimum absolute atomic E-state index is 0.153. The van der Waals surface area contributed by atoms with Crippen LogP contribution < -0.4 is 0 Å². The first-order chi connectivity index (χ1) is 6.33. The molecule has 1 fully saturated rings. The van der Waals surface area contributed by atoms with Crippen molar-refractivity contribution >= 4 is 6.29 Å². The summed E-state index contributed by atoms with van der Waals surface area (Å²) in [6.07, 6.45) is 1.04. The molecule has 0 spiro atoms. The summed E-state index contributed by atoms with van der Waals surface area (Å²) in [7, 11) is 0. The topological polar surface area (TPSA) is 20.1 Å². The predicted molar refractivity (Wildman–Crippen MR) is 51.3 cm³/mol. The van der Waals surface area contributed by atoms with Crippen LogP contribution in [0.1, 0.15) is 12.5 Å². The summed E-state index contributed by atoms with van der Waals surface area (Å²) in [6.45, 7) is 2.98. The summed E-state index contributed by atoms with van der Waals surface area (Å²) in [6, 6.07) is 10.8. The Kier molecular flexibility index (Phi) is 2.15. The van der Waals surface area contributed by atoms with E-state index in [9.17, 15) is 4.79 Å². The van der Waals surface area contributed by atoms with Crippen molar-refractivity contribution < 1.29 is 4.79 Å². The first-order valence-corrected chi connectivity index (χ1v) is 4.58. The van der Waals surface area contributed by atoms with Gasteiger partial charge in [-0.25, -0.2) is 0 Å². The summed E-state index contributed by atoms with van der Waals surface area (Å²) < 4.78 is 0. The van der Waals surface area contributed by atoms with Gasteiger partial charge in [-0.15, -0.1) is 0 Å². The van der Waals surface area contributed by atoms with E-state index in [0.717, 1.165) is 12.8 Å². The Hall–Kier alpha value is -1.15. The Labute approximate surface area is 78.2 Å². The zero-order valence-electron chi connectivity index (χ0n) is 7.68. The molecule has 13 heavy (non-hydrogen) atoms. The van der Waals surface area contributed by atoms with E-state index in [1.54, 1.807) is 0 Å². The summed E-state index contributed by atoms with van der Waals surface area (Å²) in [5, 5.41) is 0. The number of hydrogen-bond donors (Lipinski definition) is 0. The fourth-order valence-electron chi connectivity index (χ4n) is 1.67.